The van der Waals surface area contributed by atoms with Crippen LogP contribution in [0.25, 0.3) is 16.6 Å². The van der Waals surface area contributed by atoms with Crippen LogP contribution in [0, 0.1) is 15.9 Å². The zero-order valence-corrected chi connectivity index (χ0v) is 9.36. The fourth-order valence-electron chi connectivity index (χ4n) is 1.22. The molecule has 0 aliphatic heterocycles. The first-order valence-corrected chi connectivity index (χ1v) is 5.56. The van der Waals surface area contributed by atoms with Crippen molar-refractivity contribution in [3.8, 4) is 10.6 Å². The molecular weight excluding hydrogens is 243 g/mol. The lowest BCUT2D eigenvalue weighted by atomic mass is 10.2. The van der Waals surface area contributed by atoms with Crippen LogP contribution in [0.5, 0.6) is 0 Å². The molecule has 1 aromatic carbocycles. The summed E-state index contributed by atoms with van der Waals surface area (Å²) in [6.45, 7) is 0. The molecule has 0 saturated carbocycles. The monoisotopic (exact) mass is 250 g/mol. The highest BCUT2D eigenvalue weighted by Gasteiger charge is 2.03. The molecule has 86 valence electrons. The van der Waals surface area contributed by atoms with Gasteiger partial charge in [0.15, 0.2) is 0 Å². The van der Waals surface area contributed by atoms with Crippen LogP contribution in [0.1, 0.15) is 5.69 Å². The van der Waals surface area contributed by atoms with E-state index in [-0.39, 0.29) is 5.82 Å². The first kappa shape index (κ1) is 11.4. The first-order valence-electron chi connectivity index (χ1n) is 4.68. The molecular formula is C11H7FN2O2S. The Morgan fingerprint density at radius 3 is 2.71 bits per heavy atom. The average molecular weight is 250 g/mol. The van der Waals surface area contributed by atoms with E-state index in [0.717, 1.165) is 11.8 Å². The first-order chi connectivity index (χ1) is 8.15. The Morgan fingerprint density at radius 2 is 2.06 bits per heavy atom. The molecule has 1 heterocycles. The van der Waals surface area contributed by atoms with Gasteiger partial charge in [0, 0.05) is 17.0 Å². The van der Waals surface area contributed by atoms with Crippen molar-refractivity contribution < 1.29 is 9.31 Å². The molecule has 0 aliphatic carbocycles. The van der Waals surface area contributed by atoms with E-state index < -0.39 is 4.92 Å². The zero-order chi connectivity index (χ0) is 12.3. The number of thiazole rings is 1. The fraction of sp³-hybridized carbons (Fsp3) is 0. The third kappa shape index (κ3) is 2.94. The van der Waals surface area contributed by atoms with E-state index >= 15 is 0 Å². The summed E-state index contributed by atoms with van der Waals surface area (Å²) in [5, 5.41) is 12.5. The quantitative estimate of drug-likeness (QED) is 0.621. The molecule has 0 saturated heterocycles. The lowest BCUT2D eigenvalue weighted by molar-refractivity contribution is -0.400. The van der Waals surface area contributed by atoms with E-state index in [0.29, 0.717) is 10.7 Å². The Kier molecular flexibility index (Phi) is 3.24. The Balaban J connectivity index is 2.23. The van der Waals surface area contributed by atoms with E-state index in [4.69, 9.17) is 0 Å². The van der Waals surface area contributed by atoms with Gasteiger partial charge in [0.2, 0.25) is 6.20 Å². The number of rotatable bonds is 3. The normalized spacial score (nSPS) is 10.9. The van der Waals surface area contributed by atoms with Crippen molar-refractivity contribution in [2.24, 2.45) is 0 Å². The second-order valence-corrected chi connectivity index (χ2v) is 4.04. The molecule has 0 spiro atoms. The summed E-state index contributed by atoms with van der Waals surface area (Å²) >= 11 is 1.35. The number of hydrogen-bond acceptors (Lipinski definition) is 4. The van der Waals surface area contributed by atoms with Crippen LogP contribution in [-0.4, -0.2) is 9.91 Å². The second-order valence-electron chi connectivity index (χ2n) is 3.19. The molecule has 0 N–H and O–H groups in total. The maximum absolute atomic E-state index is 12.7. The summed E-state index contributed by atoms with van der Waals surface area (Å²) in [4.78, 5) is 13.8. The number of aromatic nitrogens is 1. The number of nitrogens with zero attached hydrogens (tertiary/aromatic N) is 2. The van der Waals surface area contributed by atoms with Gasteiger partial charge in [-0.3, -0.25) is 10.1 Å². The molecule has 4 nitrogen and oxygen atoms in total. The van der Waals surface area contributed by atoms with E-state index in [1.54, 1.807) is 17.5 Å². The van der Waals surface area contributed by atoms with Crippen molar-refractivity contribution >= 4 is 17.4 Å². The Labute approximate surface area is 100 Å². The molecule has 0 radical (unpaired) electrons. The third-order valence-electron chi connectivity index (χ3n) is 1.98. The summed E-state index contributed by atoms with van der Waals surface area (Å²) in [6.07, 6.45) is 2.16. The molecule has 0 atom stereocenters. The highest BCUT2D eigenvalue weighted by molar-refractivity contribution is 7.13. The topological polar surface area (TPSA) is 56.0 Å². The SMILES string of the molecule is O=[N+]([O-])C=Cc1csc(-c2ccc(F)cc2)n1. The van der Waals surface area contributed by atoms with Gasteiger partial charge in [0.05, 0.1) is 10.6 Å². The lowest BCUT2D eigenvalue weighted by Gasteiger charge is -1.94. The largest absolute Gasteiger partial charge is 0.259 e. The van der Waals surface area contributed by atoms with Gasteiger partial charge in [-0.05, 0) is 24.3 Å². The third-order valence-corrected chi connectivity index (χ3v) is 2.89. The van der Waals surface area contributed by atoms with Crippen LogP contribution in [0.15, 0.2) is 35.8 Å². The van der Waals surface area contributed by atoms with Crippen LogP contribution in [0.2, 0.25) is 0 Å². The number of nitro groups is 1. The van der Waals surface area contributed by atoms with E-state index in [9.17, 15) is 14.5 Å². The number of halogens is 1. The van der Waals surface area contributed by atoms with Gasteiger partial charge in [-0.1, -0.05) is 0 Å². The fourth-order valence-corrected chi connectivity index (χ4v) is 2.02. The molecule has 17 heavy (non-hydrogen) atoms. The van der Waals surface area contributed by atoms with Crippen LogP contribution in [0.3, 0.4) is 0 Å². The van der Waals surface area contributed by atoms with Crippen LogP contribution >= 0.6 is 11.3 Å². The minimum absolute atomic E-state index is 0.307. The van der Waals surface area contributed by atoms with Crippen molar-refractivity contribution in [1.29, 1.82) is 0 Å². The maximum atomic E-state index is 12.7. The van der Waals surface area contributed by atoms with E-state index in [2.05, 4.69) is 4.98 Å². The Hall–Kier alpha value is -2.08. The highest BCUT2D eigenvalue weighted by Crippen LogP contribution is 2.24. The summed E-state index contributed by atoms with van der Waals surface area (Å²) in [7, 11) is 0. The Morgan fingerprint density at radius 1 is 1.35 bits per heavy atom. The Bertz CT molecular complexity index is 563. The van der Waals surface area contributed by atoms with Crippen LogP contribution in [-0.2, 0) is 0 Å². The summed E-state index contributed by atoms with van der Waals surface area (Å²) < 4.78 is 12.7. The molecule has 0 bridgehead atoms. The van der Waals surface area contributed by atoms with Gasteiger partial charge in [0.25, 0.3) is 0 Å². The smallest absolute Gasteiger partial charge is 0.236 e. The minimum atomic E-state index is -0.545. The van der Waals surface area contributed by atoms with Gasteiger partial charge >= 0.3 is 0 Å². The maximum Gasteiger partial charge on any atom is 0.236 e. The van der Waals surface area contributed by atoms with Crippen molar-refractivity contribution in [3.63, 3.8) is 0 Å². The lowest BCUT2D eigenvalue weighted by Crippen LogP contribution is -1.83. The molecule has 2 rings (SSSR count). The van der Waals surface area contributed by atoms with Gasteiger partial charge in [-0.15, -0.1) is 11.3 Å². The van der Waals surface area contributed by atoms with Gasteiger partial charge in [-0.25, -0.2) is 9.37 Å². The zero-order valence-electron chi connectivity index (χ0n) is 8.54. The van der Waals surface area contributed by atoms with Crippen LogP contribution < -0.4 is 0 Å². The molecule has 1 aromatic heterocycles. The molecule has 2 aromatic rings. The predicted molar refractivity (Wildman–Crippen MR) is 63.5 cm³/mol. The molecule has 0 aliphatic rings. The van der Waals surface area contributed by atoms with E-state index in [1.807, 2.05) is 0 Å². The van der Waals surface area contributed by atoms with Crippen molar-refractivity contribution in [1.82, 2.24) is 4.98 Å². The second kappa shape index (κ2) is 4.84. The summed E-state index contributed by atoms with van der Waals surface area (Å²) in [5.74, 6) is -0.307. The number of hydrogen-bond donors (Lipinski definition) is 0. The highest BCUT2D eigenvalue weighted by atomic mass is 32.1. The molecule has 0 fully saturated rings. The summed E-state index contributed by atoms with van der Waals surface area (Å²) in [6, 6.07) is 5.94. The standard InChI is InChI=1S/C11H7FN2O2S/c12-9-3-1-8(2-4-9)11-13-10(7-17-11)5-6-14(15)16/h1-7H. The van der Waals surface area contributed by atoms with Crippen LogP contribution in [0.4, 0.5) is 4.39 Å². The molecule has 0 amide bonds. The van der Waals surface area contributed by atoms with Gasteiger partial charge < -0.3 is 0 Å². The van der Waals surface area contributed by atoms with Gasteiger partial charge in [-0.2, -0.15) is 0 Å². The number of benzene rings is 1. The molecule has 0 unspecified atom stereocenters. The minimum Gasteiger partial charge on any atom is -0.259 e. The van der Waals surface area contributed by atoms with Crippen molar-refractivity contribution in [3.05, 3.63) is 57.5 Å². The van der Waals surface area contributed by atoms with Gasteiger partial charge in [0.1, 0.15) is 10.8 Å². The van der Waals surface area contributed by atoms with Crippen molar-refractivity contribution in [2.75, 3.05) is 0 Å². The predicted octanol–water partition coefficient (Wildman–Crippen LogP) is 3.20. The molecule has 6 heteroatoms. The van der Waals surface area contributed by atoms with Crippen molar-refractivity contribution in [2.45, 2.75) is 0 Å². The summed E-state index contributed by atoms with van der Waals surface area (Å²) in [5.41, 5.74) is 1.31. The average Bonchev–Trinajstić information content (AvgIpc) is 2.76. The van der Waals surface area contributed by atoms with E-state index in [1.165, 1.54) is 29.5 Å².